The predicted octanol–water partition coefficient (Wildman–Crippen LogP) is 2.41. The highest BCUT2D eigenvalue weighted by Gasteiger charge is 2.22. The summed E-state index contributed by atoms with van der Waals surface area (Å²) < 4.78 is 35.1. The molecule has 1 saturated heterocycles. The number of oxime groups is 1. The van der Waals surface area contributed by atoms with Gasteiger partial charge in [-0.2, -0.15) is 0 Å². The van der Waals surface area contributed by atoms with Crippen molar-refractivity contribution >= 4 is 37.9 Å². The summed E-state index contributed by atoms with van der Waals surface area (Å²) in [5, 5.41) is 7.22. The molecule has 2 heterocycles. The Hall–Kier alpha value is -2.34. The van der Waals surface area contributed by atoms with E-state index >= 15 is 0 Å². The number of methoxy groups -OCH3 is 1. The molecule has 1 aliphatic heterocycles. The zero-order chi connectivity index (χ0) is 22.3. The molecule has 31 heavy (non-hydrogen) atoms. The van der Waals surface area contributed by atoms with Gasteiger partial charge in [-0.25, -0.2) is 13.4 Å². The molecule has 1 atom stereocenters. The van der Waals surface area contributed by atoms with Gasteiger partial charge in [0.25, 0.3) is 5.91 Å². The molecule has 2 aromatic rings. The molecule has 11 heteroatoms. The van der Waals surface area contributed by atoms with Crippen LogP contribution in [-0.2, 0) is 28.9 Å². The van der Waals surface area contributed by atoms with Gasteiger partial charge in [0.15, 0.2) is 26.8 Å². The summed E-state index contributed by atoms with van der Waals surface area (Å²) in [6.45, 7) is 3.24. The van der Waals surface area contributed by atoms with Crippen LogP contribution in [0.25, 0.3) is 0 Å². The number of carbonyl (C=O) groups excluding carboxylic acids is 1. The fourth-order valence-corrected chi connectivity index (χ4v) is 4.79. The highest BCUT2D eigenvalue weighted by atomic mass is 32.2. The van der Waals surface area contributed by atoms with Crippen molar-refractivity contribution in [2.24, 2.45) is 5.16 Å². The number of aryl methyl sites for hydroxylation is 1. The van der Waals surface area contributed by atoms with Crippen molar-refractivity contribution in [3.05, 3.63) is 40.9 Å². The van der Waals surface area contributed by atoms with Crippen LogP contribution in [0.3, 0.4) is 0 Å². The number of nitrogens with zero attached hydrogens (tertiary/aromatic N) is 2. The number of hydrogen-bond donors (Lipinski definition) is 1. The number of carbonyl (C=O) groups is 1. The van der Waals surface area contributed by atoms with Crippen molar-refractivity contribution < 1.29 is 27.5 Å². The number of ether oxygens (including phenoxy) is 2. The highest BCUT2D eigenvalue weighted by molar-refractivity contribution is 7.91. The Morgan fingerprint density at radius 1 is 1.35 bits per heavy atom. The second-order valence-corrected chi connectivity index (χ2v) is 10.3. The number of amides is 1. The Balaban J connectivity index is 1.80. The Bertz CT molecular complexity index is 1010. The Morgan fingerprint density at radius 3 is 2.74 bits per heavy atom. The fourth-order valence-electron chi connectivity index (χ4n) is 2.85. The normalized spacial score (nSPS) is 17.0. The minimum atomic E-state index is -3.44. The summed E-state index contributed by atoms with van der Waals surface area (Å²) in [7, 11) is -1.92. The molecule has 9 nitrogen and oxygen atoms in total. The first-order valence-corrected chi connectivity index (χ1v) is 12.2. The molecule has 0 aliphatic carbocycles. The van der Waals surface area contributed by atoms with E-state index in [4.69, 9.17) is 14.3 Å². The quantitative estimate of drug-likeness (QED) is 0.324. The third-order valence-electron chi connectivity index (χ3n) is 4.49. The van der Waals surface area contributed by atoms with Crippen LogP contribution in [0.15, 0.2) is 40.5 Å². The fraction of sp³-hybridized carbons (Fsp3) is 0.450. The lowest BCUT2D eigenvalue weighted by molar-refractivity contribution is -0.110. The molecular formula is C20H25N3O6S2. The van der Waals surface area contributed by atoms with Crippen LogP contribution in [-0.4, -0.2) is 63.8 Å². The maximum absolute atomic E-state index is 12.9. The summed E-state index contributed by atoms with van der Waals surface area (Å²) in [6, 6.07) is 6.02. The van der Waals surface area contributed by atoms with Gasteiger partial charge in [0.2, 0.25) is 0 Å². The smallest absolute Gasteiger partial charge is 0.280 e. The van der Waals surface area contributed by atoms with Gasteiger partial charge in [-0.15, -0.1) is 11.3 Å². The average molecular weight is 468 g/mol. The van der Waals surface area contributed by atoms with E-state index in [9.17, 15) is 13.2 Å². The van der Waals surface area contributed by atoms with E-state index in [1.54, 1.807) is 18.3 Å². The van der Waals surface area contributed by atoms with Crippen molar-refractivity contribution in [1.82, 2.24) is 4.98 Å². The van der Waals surface area contributed by atoms with Crippen LogP contribution in [0.4, 0.5) is 5.13 Å². The van der Waals surface area contributed by atoms with Crippen LogP contribution < -0.4 is 5.32 Å². The summed E-state index contributed by atoms with van der Waals surface area (Å²) in [6.07, 6.45) is 2.51. The van der Waals surface area contributed by atoms with E-state index in [1.165, 1.54) is 30.6 Å². The largest absolute Gasteiger partial charge is 0.389 e. The second-order valence-electron chi connectivity index (χ2n) is 6.95. The standard InChI is InChI=1S/C20H25N3O6S2/c1-14-12-21-20(30-14)22-19(24)18(23-29-16-8-10-28-13-16)15-4-6-17(7-5-15)31(25,26)11-3-9-27-2/h4-7,12,16H,3,8-11,13H2,1-2H3,(H,21,22,24)/t16-/m1/s1. The average Bonchev–Trinajstić information content (AvgIpc) is 3.40. The first-order chi connectivity index (χ1) is 14.9. The SMILES string of the molecule is COCCCS(=O)(=O)c1ccc(C(=NO[C@@H]2CCOC2)C(=O)Nc2ncc(C)s2)cc1. The van der Waals surface area contributed by atoms with Crippen molar-refractivity contribution in [2.75, 3.05) is 38.0 Å². The number of sulfone groups is 1. The number of nitrogens with one attached hydrogen (secondary N) is 1. The molecule has 1 aliphatic rings. The van der Waals surface area contributed by atoms with Crippen molar-refractivity contribution in [1.29, 1.82) is 0 Å². The minimum Gasteiger partial charge on any atom is -0.389 e. The summed E-state index contributed by atoms with van der Waals surface area (Å²) >= 11 is 1.34. The number of benzene rings is 1. The van der Waals surface area contributed by atoms with Crippen LogP contribution >= 0.6 is 11.3 Å². The monoisotopic (exact) mass is 467 g/mol. The summed E-state index contributed by atoms with van der Waals surface area (Å²) in [5.74, 6) is -0.514. The van der Waals surface area contributed by atoms with Crippen molar-refractivity contribution in [3.63, 3.8) is 0 Å². The van der Waals surface area contributed by atoms with Crippen LogP contribution in [0.1, 0.15) is 23.3 Å². The molecule has 1 aromatic heterocycles. The van der Waals surface area contributed by atoms with Gasteiger partial charge in [0.05, 0.1) is 23.9 Å². The number of thiazole rings is 1. The first-order valence-electron chi connectivity index (χ1n) is 9.76. The molecule has 0 radical (unpaired) electrons. The lowest BCUT2D eigenvalue weighted by atomic mass is 10.1. The van der Waals surface area contributed by atoms with Gasteiger partial charge in [-0.3, -0.25) is 10.1 Å². The third-order valence-corrected chi connectivity index (χ3v) is 7.13. The van der Waals surface area contributed by atoms with Crippen LogP contribution in [0.5, 0.6) is 0 Å². The molecule has 1 aromatic carbocycles. The molecule has 3 rings (SSSR count). The lowest BCUT2D eigenvalue weighted by Crippen LogP contribution is -2.25. The molecule has 1 amide bonds. The molecule has 0 spiro atoms. The first kappa shape index (κ1) is 23.3. The number of rotatable bonds is 10. The van der Waals surface area contributed by atoms with E-state index in [2.05, 4.69) is 15.5 Å². The Morgan fingerprint density at radius 2 is 2.13 bits per heavy atom. The molecule has 168 valence electrons. The Kier molecular flexibility index (Phi) is 8.13. The van der Waals surface area contributed by atoms with Gasteiger partial charge in [-0.05, 0) is 25.5 Å². The molecule has 1 N–H and O–H groups in total. The van der Waals surface area contributed by atoms with Crippen molar-refractivity contribution in [2.45, 2.75) is 30.8 Å². The third kappa shape index (κ3) is 6.57. The second kappa shape index (κ2) is 10.8. The van der Waals surface area contributed by atoms with Crippen molar-refractivity contribution in [3.8, 4) is 0 Å². The van der Waals surface area contributed by atoms with Gasteiger partial charge in [0.1, 0.15) is 0 Å². The van der Waals surface area contributed by atoms with E-state index < -0.39 is 15.7 Å². The summed E-state index contributed by atoms with van der Waals surface area (Å²) in [5.41, 5.74) is 0.462. The molecule has 0 saturated carbocycles. The molecule has 1 fully saturated rings. The number of hydrogen-bond acceptors (Lipinski definition) is 9. The Labute approximate surface area is 185 Å². The van der Waals surface area contributed by atoms with E-state index in [-0.39, 0.29) is 22.5 Å². The molecular weight excluding hydrogens is 442 g/mol. The molecule has 0 bridgehead atoms. The lowest BCUT2D eigenvalue weighted by Gasteiger charge is -2.10. The minimum absolute atomic E-state index is 0.0180. The van der Waals surface area contributed by atoms with E-state index in [1.807, 2.05) is 6.92 Å². The van der Waals surface area contributed by atoms with Gasteiger partial charge in [-0.1, -0.05) is 17.3 Å². The van der Waals surface area contributed by atoms with E-state index in [0.717, 1.165) is 4.88 Å². The van der Waals surface area contributed by atoms with E-state index in [0.29, 0.717) is 43.4 Å². The predicted molar refractivity (Wildman–Crippen MR) is 117 cm³/mol. The maximum atomic E-state index is 12.9. The maximum Gasteiger partial charge on any atom is 0.280 e. The van der Waals surface area contributed by atoms with Gasteiger partial charge in [0, 0.05) is 36.8 Å². The number of anilines is 1. The highest BCUT2D eigenvalue weighted by Crippen LogP contribution is 2.19. The van der Waals surface area contributed by atoms with Crippen LogP contribution in [0.2, 0.25) is 0 Å². The molecule has 0 unspecified atom stereocenters. The van der Waals surface area contributed by atoms with Gasteiger partial charge >= 0.3 is 0 Å². The van der Waals surface area contributed by atoms with Crippen LogP contribution in [0, 0.1) is 6.92 Å². The topological polar surface area (TPSA) is 116 Å². The zero-order valence-corrected chi connectivity index (χ0v) is 19.0. The zero-order valence-electron chi connectivity index (χ0n) is 17.4. The summed E-state index contributed by atoms with van der Waals surface area (Å²) in [4.78, 5) is 23.6. The van der Waals surface area contributed by atoms with Gasteiger partial charge < -0.3 is 14.3 Å². The number of aromatic nitrogens is 1.